The SMILES string of the molecule is CCn1nc(C)c(C(C)N2CCOC(CN)C2)c1C. The number of aryl methyl sites for hydroxylation is 2. The zero-order valence-electron chi connectivity index (χ0n) is 12.5. The number of nitrogens with two attached hydrogens (primary N) is 1. The molecule has 0 aromatic carbocycles. The molecule has 108 valence electrons. The third-order valence-corrected chi connectivity index (χ3v) is 4.14. The minimum atomic E-state index is 0.165. The van der Waals surface area contributed by atoms with Crippen LogP contribution in [0, 0.1) is 13.8 Å². The summed E-state index contributed by atoms with van der Waals surface area (Å²) < 4.78 is 7.73. The number of rotatable bonds is 4. The van der Waals surface area contributed by atoms with E-state index in [0.29, 0.717) is 12.6 Å². The van der Waals surface area contributed by atoms with Gasteiger partial charge in [-0.2, -0.15) is 5.10 Å². The van der Waals surface area contributed by atoms with E-state index in [1.54, 1.807) is 0 Å². The first-order valence-electron chi connectivity index (χ1n) is 7.18. The van der Waals surface area contributed by atoms with Crippen molar-refractivity contribution >= 4 is 0 Å². The van der Waals surface area contributed by atoms with Crippen molar-refractivity contribution in [2.75, 3.05) is 26.2 Å². The summed E-state index contributed by atoms with van der Waals surface area (Å²) in [5, 5.41) is 4.62. The van der Waals surface area contributed by atoms with Gasteiger partial charge in [-0.1, -0.05) is 0 Å². The Morgan fingerprint density at radius 3 is 2.79 bits per heavy atom. The minimum Gasteiger partial charge on any atom is -0.374 e. The van der Waals surface area contributed by atoms with Crippen LogP contribution in [0.1, 0.15) is 36.8 Å². The summed E-state index contributed by atoms with van der Waals surface area (Å²) in [6.07, 6.45) is 0.165. The maximum Gasteiger partial charge on any atom is 0.0824 e. The van der Waals surface area contributed by atoms with Crippen LogP contribution in [0.15, 0.2) is 0 Å². The van der Waals surface area contributed by atoms with Gasteiger partial charge in [0.1, 0.15) is 0 Å². The highest BCUT2D eigenvalue weighted by atomic mass is 16.5. The third kappa shape index (κ3) is 2.83. The monoisotopic (exact) mass is 266 g/mol. The highest BCUT2D eigenvalue weighted by Crippen LogP contribution is 2.27. The molecule has 1 fully saturated rings. The predicted octanol–water partition coefficient (Wildman–Crippen LogP) is 1.24. The summed E-state index contributed by atoms with van der Waals surface area (Å²) >= 11 is 0. The summed E-state index contributed by atoms with van der Waals surface area (Å²) in [5.74, 6) is 0. The minimum absolute atomic E-state index is 0.165. The summed E-state index contributed by atoms with van der Waals surface area (Å²) in [7, 11) is 0. The fraction of sp³-hybridized carbons (Fsp3) is 0.786. The van der Waals surface area contributed by atoms with Gasteiger partial charge in [0.25, 0.3) is 0 Å². The van der Waals surface area contributed by atoms with Crippen LogP contribution in [0.25, 0.3) is 0 Å². The second kappa shape index (κ2) is 6.03. The Morgan fingerprint density at radius 1 is 1.47 bits per heavy atom. The van der Waals surface area contributed by atoms with E-state index < -0.39 is 0 Å². The fourth-order valence-electron chi connectivity index (χ4n) is 3.04. The average Bonchev–Trinajstić information content (AvgIpc) is 2.72. The summed E-state index contributed by atoms with van der Waals surface area (Å²) in [6.45, 7) is 12.8. The van der Waals surface area contributed by atoms with Gasteiger partial charge in [0.15, 0.2) is 0 Å². The maximum absolute atomic E-state index is 5.72. The zero-order chi connectivity index (χ0) is 14.0. The molecule has 1 aromatic rings. The number of aromatic nitrogens is 2. The zero-order valence-corrected chi connectivity index (χ0v) is 12.5. The summed E-state index contributed by atoms with van der Waals surface area (Å²) in [4.78, 5) is 2.46. The van der Waals surface area contributed by atoms with Gasteiger partial charge >= 0.3 is 0 Å². The van der Waals surface area contributed by atoms with E-state index in [1.165, 1.54) is 11.3 Å². The lowest BCUT2D eigenvalue weighted by Crippen LogP contribution is -2.46. The Labute approximate surface area is 115 Å². The van der Waals surface area contributed by atoms with Gasteiger partial charge in [-0.25, -0.2) is 0 Å². The van der Waals surface area contributed by atoms with Gasteiger partial charge in [-0.05, 0) is 27.7 Å². The standard InChI is InChI=1S/C14H26N4O/c1-5-18-12(4)14(10(2)16-18)11(3)17-6-7-19-13(8-15)9-17/h11,13H,5-9,15H2,1-4H3. The number of nitrogens with zero attached hydrogens (tertiary/aromatic N) is 3. The maximum atomic E-state index is 5.72. The Bertz CT molecular complexity index is 429. The Kier molecular flexibility index (Phi) is 4.60. The highest BCUT2D eigenvalue weighted by molar-refractivity contribution is 5.28. The third-order valence-electron chi connectivity index (χ3n) is 4.14. The molecule has 1 aliphatic rings. The van der Waals surface area contributed by atoms with Crippen LogP contribution in [0.3, 0.4) is 0 Å². The van der Waals surface area contributed by atoms with Gasteiger partial charge in [-0.3, -0.25) is 9.58 Å². The van der Waals surface area contributed by atoms with Crippen LogP contribution in [-0.2, 0) is 11.3 Å². The first kappa shape index (κ1) is 14.5. The average molecular weight is 266 g/mol. The van der Waals surface area contributed by atoms with E-state index in [0.717, 1.165) is 31.9 Å². The molecular weight excluding hydrogens is 240 g/mol. The van der Waals surface area contributed by atoms with E-state index >= 15 is 0 Å². The molecule has 0 spiro atoms. The van der Waals surface area contributed by atoms with Gasteiger partial charge in [0.2, 0.25) is 0 Å². The van der Waals surface area contributed by atoms with E-state index in [2.05, 4.69) is 42.4 Å². The van der Waals surface area contributed by atoms with Crippen LogP contribution in [0.4, 0.5) is 0 Å². The second-order valence-electron chi connectivity index (χ2n) is 5.30. The summed E-state index contributed by atoms with van der Waals surface area (Å²) in [6, 6.07) is 0.373. The molecule has 1 aromatic heterocycles. The lowest BCUT2D eigenvalue weighted by atomic mass is 10.0. The molecule has 0 amide bonds. The largest absolute Gasteiger partial charge is 0.374 e. The number of ether oxygens (including phenoxy) is 1. The molecule has 1 saturated heterocycles. The van der Waals surface area contributed by atoms with Crippen molar-refractivity contribution in [1.82, 2.24) is 14.7 Å². The van der Waals surface area contributed by atoms with Crippen LogP contribution in [-0.4, -0.2) is 47.0 Å². The fourth-order valence-corrected chi connectivity index (χ4v) is 3.04. The van der Waals surface area contributed by atoms with E-state index in [4.69, 9.17) is 10.5 Å². The van der Waals surface area contributed by atoms with Gasteiger partial charge in [0.05, 0.1) is 18.4 Å². The number of morpholine rings is 1. The molecule has 2 N–H and O–H groups in total. The number of hydrogen-bond acceptors (Lipinski definition) is 4. The highest BCUT2D eigenvalue weighted by Gasteiger charge is 2.27. The van der Waals surface area contributed by atoms with Crippen molar-refractivity contribution < 1.29 is 4.74 Å². The predicted molar refractivity (Wildman–Crippen MR) is 76.2 cm³/mol. The molecule has 5 heteroatoms. The van der Waals surface area contributed by atoms with Gasteiger partial charge < -0.3 is 10.5 Å². The van der Waals surface area contributed by atoms with E-state index in [1.807, 2.05) is 0 Å². The molecule has 2 atom stereocenters. The summed E-state index contributed by atoms with van der Waals surface area (Å²) in [5.41, 5.74) is 9.50. The molecule has 1 aliphatic heterocycles. The molecular formula is C14H26N4O. The van der Waals surface area contributed by atoms with Crippen LogP contribution in [0.2, 0.25) is 0 Å². The number of hydrogen-bond donors (Lipinski definition) is 1. The Hall–Kier alpha value is -0.910. The molecule has 0 aliphatic carbocycles. The normalized spacial score (nSPS) is 22.7. The smallest absolute Gasteiger partial charge is 0.0824 e. The van der Waals surface area contributed by atoms with Crippen molar-refractivity contribution in [3.05, 3.63) is 17.0 Å². The van der Waals surface area contributed by atoms with Crippen molar-refractivity contribution in [3.63, 3.8) is 0 Å². The van der Waals surface area contributed by atoms with Crippen molar-refractivity contribution in [2.24, 2.45) is 5.73 Å². The molecule has 0 radical (unpaired) electrons. The molecule has 2 rings (SSSR count). The van der Waals surface area contributed by atoms with Crippen molar-refractivity contribution in [3.8, 4) is 0 Å². The Morgan fingerprint density at radius 2 is 2.21 bits per heavy atom. The molecule has 5 nitrogen and oxygen atoms in total. The molecule has 19 heavy (non-hydrogen) atoms. The van der Waals surface area contributed by atoms with Crippen LogP contribution in [0.5, 0.6) is 0 Å². The molecule has 2 unspecified atom stereocenters. The first-order valence-corrected chi connectivity index (χ1v) is 7.18. The van der Waals surface area contributed by atoms with Crippen molar-refractivity contribution in [2.45, 2.75) is 46.4 Å². The molecule has 2 heterocycles. The van der Waals surface area contributed by atoms with Gasteiger partial charge in [-0.15, -0.1) is 0 Å². The topological polar surface area (TPSA) is 56.3 Å². The second-order valence-corrected chi connectivity index (χ2v) is 5.30. The van der Waals surface area contributed by atoms with E-state index in [-0.39, 0.29) is 6.10 Å². The van der Waals surface area contributed by atoms with Crippen LogP contribution >= 0.6 is 0 Å². The van der Waals surface area contributed by atoms with Crippen molar-refractivity contribution in [1.29, 1.82) is 0 Å². The lowest BCUT2D eigenvalue weighted by Gasteiger charge is -2.36. The first-order chi connectivity index (χ1) is 9.08. The molecule has 0 bridgehead atoms. The quantitative estimate of drug-likeness (QED) is 0.891. The van der Waals surface area contributed by atoms with Crippen LogP contribution < -0.4 is 5.73 Å². The van der Waals surface area contributed by atoms with E-state index in [9.17, 15) is 0 Å². The molecule has 0 saturated carbocycles. The van der Waals surface area contributed by atoms with Gasteiger partial charge in [0, 0.05) is 43.5 Å². The Balaban J connectivity index is 2.19. The lowest BCUT2D eigenvalue weighted by molar-refractivity contribution is -0.0366.